The summed E-state index contributed by atoms with van der Waals surface area (Å²) in [4.78, 5) is 0. The van der Waals surface area contributed by atoms with E-state index in [0.717, 1.165) is 25.7 Å². The summed E-state index contributed by atoms with van der Waals surface area (Å²) in [5, 5.41) is 8.47. The fourth-order valence-corrected chi connectivity index (χ4v) is 0.778. The van der Waals surface area contributed by atoms with E-state index in [1.807, 2.05) is 0 Å². The van der Waals surface area contributed by atoms with Gasteiger partial charge in [-0.1, -0.05) is 20.3 Å². The van der Waals surface area contributed by atoms with Gasteiger partial charge >= 0.3 is 0 Å². The molecule has 0 aliphatic heterocycles. The van der Waals surface area contributed by atoms with Gasteiger partial charge in [0.25, 0.3) is 0 Å². The smallest absolute Gasteiger partial charge is 0.0431 e. The molecule has 0 aromatic rings. The normalized spacial score (nSPS) is 9.45. The van der Waals surface area contributed by atoms with E-state index in [1.54, 1.807) is 0 Å². The van der Waals surface area contributed by atoms with Gasteiger partial charge < -0.3 is 5.11 Å². The first-order valence-electron chi connectivity index (χ1n) is 4.36. The van der Waals surface area contributed by atoms with Crippen LogP contribution in [0.2, 0.25) is 0 Å². The van der Waals surface area contributed by atoms with E-state index in [-0.39, 0.29) is 0 Å². The van der Waals surface area contributed by atoms with E-state index in [2.05, 4.69) is 25.7 Å². The van der Waals surface area contributed by atoms with Gasteiger partial charge in [-0.3, -0.25) is 0 Å². The van der Waals surface area contributed by atoms with Gasteiger partial charge in [-0.15, -0.1) is 11.8 Å². The molecule has 0 saturated carbocycles. The fourth-order valence-electron chi connectivity index (χ4n) is 0.778. The van der Waals surface area contributed by atoms with Crippen LogP contribution in [0.15, 0.2) is 0 Å². The van der Waals surface area contributed by atoms with Gasteiger partial charge in [0.05, 0.1) is 0 Å². The Hall–Kier alpha value is -0.480. The van der Waals surface area contributed by atoms with Crippen LogP contribution >= 0.6 is 0 Å². The van der Waals surface area contributed by atoms with E-state index in [0.29, 0.717) is 12.5 Å². The summed E-state index contributed by atoms with van der Waals surface area (Å²) < 4.78 is 0. The minimum atomic E-state index is 0.317. The van der Waals surface area contributed by atoms with Crippen molar-refractivity contribution in [1.82, 2.24) is 0 Å². The molecule has 0 aliphatic carbocycles. The van der Waals surface area contributed by atoms with Gasteiger partial charge in [-0.05, 0) is 12.8 Å². The van der Waals surface area contributed by atoms with Crippen molar-refractivity contribution in [3.05, 3.63) is 0 Å². The molecule has 0 bridgehead atoms. The molecule has 1 nitrogen and oxygen atoms in total. The molecular formula is C10H18O. The summed E-state index contributed by atoms with van der Waals surface area (Å²) in [7, 11) is 0. The lowest BCUT2D eigenvalue weighted by molar-refractivity contribution is 0.283. The molecule has 0 spiro atoms. The quantitative estimate of drug-likeness (QED) is 0.486. The third-order valence-corrected chi connectivity index (χ3v) is 1.35. The van der Waals surface area contributed by atoms with Crippen molar-refractivity contribution in [2.24, 2.45) is 5.92 Å². The molecule has 0 fully saturated rings. The van der Waals surface area contributed by atoms with Crippen molar-refractivity contribution >= 4 is 0 Å². The first kappa shape index (κ1) is 10.5. The van der Waals surface area contributed by atoms with Crippen molar-refractivity contribution in [3.8, 4) is 11.8 Å². The summed E-state index contributed by atoms with van der Waals surface area (Å²) in [5.41, 5.74) is 0. The van der Waals surface area contributed by atoms with Crippen LogP contribution < -0.4 is 0 Å². The highest BCUT2D eigenvalue weighted by Crippen LogP contribution is 1.97. The Balaban J connectivity index is 3.09. The SMILES string of the molecule is CC(C)C#CCCCCCO. The molecule has 0 radical (unpaired) electrons. The maximum Gasteiger partial charge on any atom is 0.0431 e. The summed E-state index contributed by atoms with van der Waals surface area (Å²) in [6.45, 7) is 4.51. The Morgan fingerprint density at radius 2 is 1.91 bits per heavy atom. The van der Waals surface area contributed by atoms with E-state index in [9.17, 15) is 0 Å². The molecule has 0 aliphatic rings. The molecule has 0 aromatic heterocycles. The second-order valence-electron chi connectivity index (χ2n) is 3.01. The highest BCUT2D eigenvalue weighted by molar-refractivity contribution is 5.00. The Bertz CT molecular complexity index is 128. The van der Waals surface area contributed by atoms with Crippen molar-refractivity contribution in [2.45, 2.75) is 39.5 Å². The minimum absolute atomic E-state index is 0.317. The van der Waals surface area contributed by atoms with Gasteiger partial charge in [0.15, 0.2) is 0 Å². The van der Waals surface area contributed by atoms with Crippen LogP contribution in [0.25, 0.3) is 0 Å². The lowest BCUT2D eigenvalue weighted by atomic mass is 10.2. The average molecular weight is 154 g/mol. The maximum atomic E-state index is 8.47. The third kappa shape index (κ3) is 9.52. The van der Waals surface area contributed by atoms with E-state index in [4.69, 9.17) is 5.11 Å². The molecule has 0 heterocycles. The second kappa shape index (κ2) is 7.63. The van der Waals surface area contributed by atoms with Crippen LogP contribution in [0.1, 0.15) is 39.5 Å². The molecule has 0 amide bonds. The van der Waals surface area contributed by atoms with E-state index >= 15 is 0 Å². The van der Waals surface area contributed by atoms with Crippen LogP contribution in [0.3, 0.4) is 0 Å². The van der Waals surface area contributed by atoms with Crippen LogP contribution in [0, 0.1) is 17.8 Å². The first-order valence-corrected chi connectivity index (χ1v) is 4.36. The zero-order valence-corrected chi connectivity index (χ0v) is 7.56. The van der Waals surface area contributed by atoms with Crippen LogP contribution in [-0.4, -0.2) is 11.7 Å². The van der Waals surface area contributed by atoms with Gasteiger partial charge in [-0.25, -0.2) is 0 Å². The molecule has 1 N–H and O–H groups in total. The molecule has 1 heteroatoms. The highest BCUT2D eigenvalue weighted by atomic mass is 16.2. The molecular weight excluding hydrogens is 136 g/mol. The number of hydrogen-bond donors (Lipinski definition) is 1. The third-order valence-electron chi connectivity index (χ3n) is 1.35. The van der Waals surface area contributed by atoms with Gasteiger partial charge in [-0.2, -0.15) is 0 Å². The molecule has 11 heavy (non-hydrogen) atoms. The molecule has 64 valence electrons. The fraction of sp³-hybridized carbons (Fsp3) is 0.800. The standard InChI is InChI=1S/C10H18O/c1-10(2)8-6-4-3-5-7-9-11/h10-11H,3-5,7,9H2,1-2H3. The topological polar surface area (TPSA) is 20.2 Å². The molecule has 0 saturated heterocycles. The van der Waals surface area contributed by atoms with Crippen molar-refractivity contribution in [3.63, 3.8) is 0 Å². The van der Waals surface area contributed by atoms with Crippen LogP contribution in [-0.2, 0) is 0 Å². The van der Waals surface area contributed by atoms with Gasteiger partial charge in [0, 0.05) is 18.9 Å². The largest absolute Gasteiger partial charge is 0.396 e. The lowest BCUT2D eigenvalue weighted by Gasteiger charge is -1.92. The van der Waals surface area contributed by atoms with Crippen LogP contribution in [0.5, 0.6) is 0 Å². The second-order valence-corrected chi connectivity index (χ2v) is 3.01. The Morgan fingerprint density at radius 1 is 1.18 bits per heavy atom. The number of hydrogen-bond acceptors (Lipinski definition) is 1. The molecule has 0 rings (SSSR count). The predicted molar refractivity (Wildman–Crippen MR) is 48.2 cm³/mol. The van der Waals surface area contributed by atoms with E-state index in [1.165, 1.54) is 0 Å². The zero-order valence-electron chi connectivity index (χ0n) is 7.56. The Labute approximate surface area is 69.8 Å². The Morgan fingerprint density at radius 3 is 2.45 bits per heavy atom. The van der Waals surface area contributed by atoms with Gasteiger partial charge in [0.1, 0.15) is 0 Å². The van der Waals surface area contributed by atoms with Crippen molar-refractivity contribution in [2.75, 3.05) is 6.61 Å². The molecule has 0 aromatic carbocycles. The van der Waals surface area contributed by atoms with E-state index < -0.39 is 0 Å². The van der Waals surface area contributed by atoms with Crippen molar-refractivity contribution in [1.29, 1.82) is 0 Å². The van der Waals surface area contributed by atoms with Gasteiger partial charge in [0.2, 0.25) is 0 Å². The average Bonchev–Trinajstić information content (AvgIpc) is 1.96. The maximum absolute atomic E-state index is 8.47. The summed E-state index contributed by atoms with van der Waals surface area (Å²) >= 11 is 0. The minimum Gasteiger partial charge on any atom is -0.396 e. The number of rotatable bonds is 4. The highest BCUT2D eigenvalue weighted by Gasteiger charge is 1.85. The zero-order chi connectivity index (χ0) is 8.53. The van der Waals surface area contributed by atoms with Crippen molar-refractivity contribution < 1.29 is 5.11 Å². The molecule has 0 unspecified atom stereocenters. The monoisotopic (exact) mass is 154 g/mol. The molecule has 0 atom stereocenters. The first-order chi connectivity index (χ1) is 5.27. The number of aliphatic hydroxyl groups is 1. The summed E-state index contributed by atoms with van der Waals surface area (Å²) in [6, 6.07) is 0. The number of unbranched alkanes of at least 4 members (excludes halogenated alkanes) is 3. The summed E-state index contributed by atoms with van der Waals surface area (Å²) in [6.07, 6.45) is 4.13. The number of aliphatic hydroxyl groups excluding tert-OH is 1. The van der Waals surface area contributed by atoms with Crippen LogP contribution in [0.4, 0.5) is 0 Å². The predicted octanol–water partition coefficient (Wildman–Crippen LogP) is 2.20. The lowest BCUT2D eigenvalue weighted by Crippen LogP contribution is -1.82. The Kier molecular flexibility index (Phi) is 7.29. The summed E-state index contributed by atoms with van der Waals surface area (Å²) in [5.74, 6) is 6.72.